The molecule has 0 aliphatic heterocycles. The van der Waals surface area contributed by atoms with Crippen LogP contribution in [0.4, 0.5) is 0 Å². The van der Waals surface area contributed by atoms with Crippen LogP contribution in [-0.4, -0.2) is 36.1 Å². The maximum absolute atomic E-state index is 12.1. The molecule has 108 valence electrons. The lowest BCUT2D eigenvalue weighted by molar-refractivity contribution is 0.298. The zero-order valence-electron chi connectivity index (χ0n) is 11.0. The summed E-state index contributed by atoms with van der Waals surface area (Å²) in [6.45, 7) is 0.392. The van der Waals surface area contributed by atoms with Gasteiger partial charge in [-0.2, -0.15) is 0 Å². The first kappa shape index (κ1) is 13.9. The summed E-state index contributed by atoms with van der Waals surface area (Å²) in [6.07, 6.45) is 3.88. The van der Waals surface area contributed by atoms with Crippen LogP contribution >= 0.6 is 15.9 Å². The van der Waals surface area contributed by atoms with Crippen molar-refractivity contribution in [2.45, 2.75) is 13.0 Å². The first-order chi connectivity index (χ1) is 10.2. The van der Waals surface area contributed by atoms with Crippen molar-refractivity contribution in [3.05, 3.63) is 56.8 Å². The Bertz CT molecular complexity index is 842. The van der Waals surface area contributed by atoms with Gasteiger partial charge in [-0.1, -0.05) is 5.21 Å². The zero-order chi connectivity index (χ0) is 14.8. The van der Waals surface area contributed by atoms with Crippen molar-refractivity contribution in [3.63, 3.8) is 0 Å². The fraction of sp³-hybridized carbons (Fsp3) is 0.231. The van der Waals surface area contributed by atoms with Gasteiger partial charge in [0.15, 0.2) is 0 Å². The third-order valence-electron chi connectivity index (χ3n) is 2.95. The molecule has 0 saturated heterocycles. The van der Waals surface area contributed by atoms with Crippen molar-refractivity contribution in [1.29, 1.82) is 0 Å². The van der Waals surface area contributed by atoms with E-state index in [2.05, 4.69) is 31.2 Å². The Labute approximate surface area is 128 Å². The van der Waals surface area contributed by atoms with Crippen LogP contribution < -0.4 is 5.56 Å². The summed E-state index contributed by atoms with van der Waals surface area (Å²) in [5.41, 5.74) is 1.75. The Kier molecular flexibility index (Phi) is 3.80. The number of pyridine rings is 1. The molecule has 0 bridgehead atoms. The number of aromatic nitrogens is 5. The van der Waals surface area contributed by atoms with Gasteiger partial charge in [0.25, 0.3) is 5.56 Å². The summed E-state index contributed by atoms with van der Waals surface area (Å²) < 4.78 is 3.89. The van der Waals surface area contributed by atoms with Crippen molar-refractivity contribution >= 4 is 21.6 Å². The SMILES string of the molecule is O=c1cc(Cn2cc(CCO)nn2)nc2ccc(Br)cn12. The van der Waals surface area contributed by atoms with E-state index in [1.165, 1.54) is 10.5 Å². The number of aliphatic hydroxyl groups excluding tert-OH is 1. The maximum Gasteiger partial charge on any atom is 0.258 e. The lowest BCUT2D eigenvalue weighted by atomic mass is 10.3. The molecule has 0 aliphatic carbocycles. The van der Waals surface area contributed by atoms with E-state index in [1.54, 1.807) is 23.1 Å². The van der Waals surface area contributed by atoms with Gasteiger partial charge in [0, 0.05) is 36.0 Å². The number of aliphatic hydroxyl groups is 1. The van der Waals surface area contributed by atoms with Crippen LogP contribution in [0.25, 0.3) is 5.65 Å². The molecule has 0 spiro atoms. The van der Waals surface area contributed by atoms with E-state index in [0.29, 0.717) is 30.0 Å². The fourth-order valence-electron chi connectivity index (χ4n) is 2.02. The molecule has 21 heavy (non-hydrogen) atoms. The van der Waals surface area contributed by atoms with Gasteiger partial charge < -0.3 is 5.11 Å². The van der Waals surface area contributed by atoms with E-state index < -0.39 is 0 Å². The number of halogens is 1. The second kappa shape index (κ2) is 5.74. The normalized spacial score (nSPS) is 11.1. The van der Waals surface area contributed by atoms with Crippen LogP contribution in [0.2, 0.25) is 0 Å². The summed E-state index contributed by atoms with van der Waals surface area (Å²) in [5.74, 6) is 0. The Morgan fingerprint density at radius 2 is 2.10 bits per heavy atom. The quantitative estimate of drug-likeness (QED) is 0.746. The van der Waals surface area contributed by atoms with E-state index in [0.717, 1.165) is 4.47 Å². The summed E-state index contributed by atoms with van der Waals surface area (Å²) in [6, 6.07) is 5.08. The molecule has 8 heteroatoms. The third-order valence-corrected chi connectivity index (χ3v) is 3.42. The number of rotatable bonds is 4. The maximum atomic E-state index is 12.1. The molecule has 1 N–H and O–H groups in total. The molecular formula is C13H12BrN5O2. The van der Waals surface area contributed by atoms with Crippen molar-refractivity contribution in [2.24, 2.45) is 0 Å². The fourth-order valence-corrected chi connectivity index (χ4v) is 2.35. The average Bonchev–Trinajstić information content (AvgIpc) is 2.87. The Hall–Kier alpha value is -2.06. The number of fused-ring (bicyclic) bond motifs is 1. The Morgan fingerprint density at radius 3 is 2.90 bits per heavy atom. The Balaban J connectivity index is 1.93. The van der Waals surface area contributed by atoms with Gasteiger partial charge in [-0.3, -0.25) is 9.20 Å². The highest BCUT2D eigenvalue weighted by Crippen LogP contribution is 2.09. The van der Waals surface area contributed by atoms with Gasteiger partial charge in [-0.15, -0.1) is 5.10 Å². The topological polar surface area (TPSA) is 85.3 Å². The van der Waals surface area contributed by atoms with E-state index >= 15 is 0 Å². The summed E-state index contributed by atoms with van der Waals surface area (Å²) >= 11 is 3.33. The first-order valence-corrected chi connectivity index (χ1v) is 7.13. The molecule has 0 fully saturated rings. The Morgan fingerprint density at radius 1 is 1.24 bits per heavy atom. The van der Waals surface area contributed by atoms with Crippen molar-refractivity contribution in [3.8, 4) is 0 Å². The molecule has 0 unspecified atom stereocenters. The molecule has 3 heterocycles. The molecule has 7 nitrogen and oxygen atoms in total. The lowest BCUT2D eigenvalue weighted by Crippen LogP contribution is -2.16. The van der Waals surface area contributed by atoms with Gasteiger partial charge >= 0.3 is 0 Å². The minimum absolute atomic E-state index is 0.0309. The second-order valence-electron chi connectivity index (χ2n) is 4.54. The van der Waals surface area contributed by atoms with Gasteiger partial charge in [0.05, 0.1) is 17.9 Å². The summed E-state index contributed by atoms with van der Waals surface area (Å²) in [7, 11) is 0. The van der Waals surface area contributed by atoms with Crippen LogP contribution in [-0.2, 0) is 13.0 Å². The van der Waals surface area contributed by atoms with Gasteiger partial charge in [-0.25, -0.2) is 9.67 Å². The molecule has 0 aliphatic rings. The summed E-state index contributed by atoms with van der Waals surface area (Å²) in [4.78, 5) is 16.5. The zero-order valence-corrected chi connectivity index (χ0v) is 12.6. The minimum Gasteiger partial charge on any atom is -0.396 e. The molecule has 0 saturated carbocycles. The van der Waals surface area contributed by atoms with Crippen molar-refractivity contribution < 1.29 is 5.11 Å². The predicted octanol–water partition coefficient (Wildman–Crippen LogP) is 0.632. The standard InChI is InChI=1S/C13H12BrN5O2/c14-9-1-2-12-15-11(5-13(21)19(12)6-9)8-18-7-10(3-4-20)16-17-18/h1-2,5-7,20H,3-4,8H2. The van der Waals surface area contributed by atoms with E-state index in [9.17, 15) is 4.79 Å². The molecular weight excluding hydrogens is 338 g/mol. The molecule has 3 aromatic rings. The average molecular weight is 350 g/mol. The van der Waals surface area contributed by atoms with Gasteiger partial charge in [-0.05, 0) is 28.1 Å². The molecule has 0 aromatic carbocycles. The van der Waals surface area contributed by atoms with Crippen LogP contribution in [0, 0.1) is 0 Å². The van der Waals surface area contributed by atoms with Crippen molar-refractivity contribution in [2.75, 3.05) is 6.61 Å². The van der Waals surface area contributed by atoms with Crippen LogP contribution in [0.15, 0.2) is 39.9 Å². The van der Waals surface area contributed by atoms with E-state index in [-0.39, 0.29) is 12.2 Å². The van der Waals surface area contributed by atoms with Crippen LogP contribution in [0.1, 0.15) is 11.4 Å². The highest BCUT2D eigenvalue weighted by Gasteiger charge is 2.06. The van der Waals surface area contributed by atoms with Crippen LogP contribution in [0.5, 0.6) is 0 Å². The number of hydrogen-bond donors (Lipinski definition) is 1. The second-order valence-corrected chi connectivity index (χ2v) is 5.46. The van der Waals surface area contributed by atoms with Crippen molar-refractivity contribution in [1.82, 2.24) is 24.4 Å². The molecule has 3 rings (SSSR count). The summed E-state index contributed by atoms with van der Waals surface area (Å²) in [5, 5.41) is 16.7. The number of hydrogen-bond acceptors (Lipinski definition) is 5. The molecule has 0 radical (unpaired) electrons. The lowest BCUT2D eigenvalue weighted by Gasteiger charge is -2.04. The molecule has 3 aromatic heterocycles. The number of nitrogens with zero attached hydrogens (tertiary/aromatic N) is 5. The van der Waals surface area contributed by atoms with Gasteiger partial charge in [0.2, 0.25) is 0 Å². The largest absolute Gasteiger partial charge is 0.396 e. The molecule has 0 atom stereocenters. The highest BCUT2D eigenvalue weighted by atomic mass is 79.9. The smallest absolute Gasteiger partial charge is 0.258 e. The highest BCUT2D eigenvalue weighted by molar-refractivity contribution is 9.10. The molecule has 0 amide bonds. The minimum atomic E-state index is -0.146. The first-order valence-electron chi connectivity index (χ1n) is 6.33. The van der Waals surface area contributed by atoms with E-state index in [4.69, 9.17) is 5.11 Å². The monoisotopic (exact) mass is 349 g/mol. The van der Waals surface area contributed by atoms with E-state index in [1.807, 2.05) is 6.07 Å². The van der Waals surface area contributed by atoms with Crippen LogP contribution in [0.3, 0.4) is 0 Å². The third kappa shape index (κ3) is 3.01. The predicted molar refractivity (Wildman–Crippen MR) is 79.1 cm³/mol. The van der Waals surface area contributed by atoms with Gasteiger partial charge in [0.1, 0.15) is 5.65 Å².